The van der Waals surface area contributed by atoms with E-state index in [4.69, 9.17) is 16.3 Å². The maximum absolute atomic E-state index is 10.3. The summed E-state index contributed by atoms with van der Waals surface area (Å²) >= 11 is 6.05. The van der Waals surface area contributed by atoms with E-state index in [1.165, 1.54) is 0 Å². The van der Waals surface area contributed by atoms with Gasteiger partial charge in [0, 0.05) is 18.9 Å². The van der Waals surface area contributed by atoms with E-state index in [0.717, 1.165) is 6.54 Å². The van der Waals surface area contributed by atoms with Crippen LogP contribution >= 0.6 is 11.6 Å². The van der Waals surface area contributed by atoms with Crippen molar-refractivity contribution in [1.82, 2.24) is 9.55 Å². The lowest BCUT2D eigenvalue weighted by Crippen LogP contribution is -2.08. The van der Waals surface area contributed by atoms with E-state index in [-0.39, 0.29) is 0 Å². The number of rotatable bonds is 4. The number of aliphatic hydroxyl groups excluding tert-OH is 1. The summed E-state index contributed by atoms with van der Waals surface area (Å²) in [5.41, 5.74) is 0.696. The van der Waals surface area contributed by atoms with Crippen molar-refractivity contribution in [3.63, 3.8) is 0 Å². The normalized spacial score (nSPS) is 12.4. The van der Waals surface area contributed by atoms with Crippen molar-refractivity contribution in [2.75, 3.05) is 7.11 Å². The average molecular weight is 267 g/mol. The van der Waals surface area contributed by atoms with Crippen LogP contribution in [0.4, 0.5) is 0 Å². The number of aromatic nitrogens is 2. The molecule has 1 aromatic heterocycles. The Morgan fingerprint density at radius 1 is 1.50 bits per heavy atom. The van der Waals surface area contributed by atoms with Crippen LogP contribution in [0.2, 0.25) is 5.02 Å². The Balaban J connectivity index is 2.34. The Morgan fingerprint density at radius 2 is 2.28 bits per heavy atom. The van der Waals surface area contributed by atoms with Crippen LogP contribution in [0.25, 0.3) is 0 Å². The zero-order chi connectivity index (χ0) is 13.1. The first kappa shape index (κ1) is 12.9. The minimum atomic E-state index is -0.789. The molecule has 0 saturated carbocycles. The lowest BCUT2D eigenvalue weighted by molar-refractivity contribution is 0.204. The van der Waals surface area contributed by atoms with Crippen molar-refractivity contribution in [1.29, 1.82) is 0 Å². The lowest BCUT2D eigenvalue weighted by Gasteiger charge is -2.13. The summed E-state index contributed by atoms with van der Waals surface area (Å²) < 4.78 is 6.97. The van der Waals surface area contributed by atoms with Crippen LogP contribution < -0.4 is 4.74 Å². The number of imidazole rings is 1. The van der Waals surface area contributed by atoms with Crippen LogP contribution in [-0.4, -0.2) is 21.8 Å². The van der Waals surface area contributed by atoms with Crippen molar-refractivity contribution >= 4 is 11.6 Å². The highest BCUT2D eigenvalue weighted by molar-refractivity contribution is 6.32. The van der Waals surface area contributed by atoms with Crippen LogP contribution in [0, 0.1) is 0 Å². The summed E-state index contributed by atoms with van der Waals surface area (Å²) in [7, 11) is 1.56. The average Bonchev–Trinajstić information content (AvgIpc) is 2.86. The number of nitrogens with zero attached hydrogens (tertiary/aromatic N) is 2. The molecule has 18 heavy (non-hydrogen) atoms. The molecule has 1 atom stereocenters. The molecule has 0 bridgehead atoms. The number of methoxy groups -OCH3 is 1. The Morgan fingerprint density at radius 3 is 2.89 bits per heavy atom. The summed E-state index contributed by atoms with van der Waals surface area (Å²) in [5, 5.41) is 10.8. The largest absolute Gasteiger partial charge is 0.495 e. The third-order valence-corrected chi connectivity index (χ3v) is 3.12. The molecule has 0 spiro atoms. The molecule has 0 aliphatic heterocycles. The van der Waals surface area contributed by atoms with Gasteiger partial charge in [-0.25, -0.2) is 4.98 Å². The van der Waals surface area contributed by atoms with Crippen molar-refractivity contribution in [3.05, 3.63) is 47.0 Å². The van der Waals surface area contributed by atoms with Gasteiger partial charge in [0.2, 0.25) is 0 Å². The van der Waals surface area contributed by atoms with Gasteiger partial charge in [-0.3, -0.25) is 0 Å². The Kier molecular flexibility index (Phi) is 3.89. The molecule has 1 N–H and O–H groups in total. The molecule has 5 heteroatoms. The quantitative estimate of drug-likeness (QED) is 0.925. The maximum atomic E-state index is 10.3. The highest BCUT2D eigenvalue weighted by Crippen LogP contribution is 2.29. The molecular formula is C13H15ClN2O2. The van der Waals surface area contributed by atoms with Gasteiger partial charge in [0.15, 0.2) is 0 Å². The zero-order valence-corrected chi connectivity index (χ0v) is 11.1. The van der Waals surface area contributed by atoms with Crippen LogP contribution in [0.5, 0.6) is 5.75 Å². The highest BCUT2D eigenvalue weighted by Gasteiger charge is 2.16. The van der Waals surface area contributed by atoms with E-state index in [2.05, 4.69) is 4.98 Å². The first-order chi connectivity index (χ1) is 8.67. The van der Waals surface area contributed by atoms with E-state index in [1.54, 1.807) is 31.5 Å². The van der Waals surface area contributed by atoms with Crippen LogP contribution in [0.1, 0.15) is 24.4 Å². The summed E-state index contributed by atoms with van der Waals surface area (Å²) in [6, 6.07) is 5.21. The minimum Gasteiger partial charge on any atom is -0.495 e. The fourth-order valence-corrected chi connectivity index (χ4v) is 2.10. The maximum Gasteiger partial charge on any atom is 0.142 e. The van der Waals surface area contributed by atoms with Crippen molar-refractivity contribution < 1.29 is 9.84 Å². The van der Waals surface area contributed by atoms with Gasteiger partial charge in [0.1, 0.15) is 17.7 Å². The van der Waals surface area contributed by atoms with Crippen molar-refractivity contribution in [2.24, 2.45) is 0 Å². The van der Waals surface area contributed by atoms with Crippen LogP contribution in [-0.2, 0) is 6.54 Å². The molecule has 96 valence electrons. The number of ether oxygens (including phenoxy) is 1. The first-order valence-electron chi connectivity index (χ1n) is 5.70. The fraction of sp³-hybridized carbons (Fsp3) is 0.308. The number of benzene rings is 1. The predicted molar refractivity (Wildman–Crippen MR) is 70.0 cm³/mol. The molecule has 1 heterocycles. The van der Waals surface area contributed by atoms with E-state index in [9.17, 15) is 5.11 Å². The van der Waals surface area contributed by atoms with E-state index < -0.39 is 6.10 Å². The molecular weight excluding hydrogens is 252 g/mol. The summed E-state index contributed by atoms with van der Waals surface area (Å²) in [4.78, 5) is 4.17. The van der Waals surface area contributed by atoms with Gasteiger partial charge in [0.25, 0.3) is 0 Å². The predicted octanol–water partition coefficient (Wildman–Crippen LogP) is 2.65. The van der Waals surface area contributed by atoms with Gasteiger partial charge in [0.05, 0.1) is 12.1 Å². The third-order valence-electron chi connectivity index (χ3n) is 2.82. The molecule has 0 amide bonds. The summed E-state index contributed by atoms with van der Waals surface area (Å²) in [5.74, 6) is 1.20. The lowest BCUT2D eigenvalue weighted by atomic mass is 10.1. The number of halogens is 1. The standard InChI is InChI=1S/C13H15ClN2O2/c1-3-16-7-6-15-13(16)12(17)9-4-5-11(18-2)10(14)8-9/h4-8,12,17H,3H2,1-2H3. The Bertz CT molecular complexity index is 540. The Hall–Kier alpha value is -1.52. The van der Waals surface area contributed by atoms with Crippen molar-refractivity contribution in [2.45, 2.75) is 19.6 Å². The second kappa shape index (κ2) is 5.42. The van der Waals surface area contributed by atoms with Gasteiger partial charge in [-0.05, 0) is 24.6 Å². The Labute approximate surface area is 111 Å². The topological polar surface area (TPSA) is 47.3 Å². The zero-order valence-electron chi connectivity index (χ0n) is 10.3. The minimum absolute atomic E-state index is 0.476. The number of aliphatic hydroxyl groups is 1. The van der Waals surface area contributed by atoms with E-state index >= 15 is 0 Å². The molecule has 4 nitrogen and oxygen atoms in total. The first-order valence-corrected chi connectivity index (χ1v) is 6.07. The van der Waals surface area contributed by atoms with E-state index in [0.29, 0.717) is 22.2 Å². The smallest absolute Gasteiger partial charge is 0.142 e. The molecule has 1 unspecified atom stereocenters. The molecule has 0 aliphatic carbocycles. The van der Waals surface area contributed by atoms with Gasteiger partial charge in [-0.2, -0.15) is 0 Å². The molecule has 0 aliphatic rings. The number of hydrogen-bond acceptors (Lipinski definition) is 3. The molecule has 2 aromatic rings. The second-order valence-electron chi connectivity index (χ2n) is 3.87. The molecule has 0 radical (unpaired) electrons. The number of aryl methyl sites for hydroxylation is 1. The molecule has 0 fully saturated rings. The van der Waals surface area contributed by atoms with Crippen LogP contribution in [0.3, 0.4) is 0 Å². The molecule has 2 rings (SSSR count). The second-order valence-corrected chi connectivity index (χ2v) is 4.28. The fourth-order valence-electron chi connectivity index (χ4n) is 1.84. The summed E-state index contributed by atoms with van der Waals surface area (Å²) in [6.07, 6.45) is 2.72. The SMILES string of the molecule is CCn1ccnc1C(O)c1ccc(OC)c(Cl)c1. The van der Waals surface area contributed by atoms with Crippen molar-refractivity contribution in [3.8, 4) is 5.75 Å². The third kappa shape index (κ3) is 2.35. The summed E-state index contributed by atoms with van der Waals surface area (Å²) in [6.45, 7) is 2.76. The molecule has 0 saturated heterocycles. The highest BCUT2D eigenvalue weighted by atomic mass is 35.5. The van der Waals surface area contributed by atoms with Crippen LogP contribution in [0.15, 0.2) is 30.6 Å². The van der Waals surface area contributed by atoms with Gasteiger partial charge < -0.3 is 14.4 Å². The van der Waals surface area contributed by atoms with Gasteiger partial charge in [-0.1, -0.05) is 17.7 Å². The monoisotopic (exact) mass is 266 g/mol. The number of hydrogen-bond donors (Lipinski definition) is 1. The van der Waals surface area contributed by atoms with Gasteiger partial charge >= 0.3 is 0 Å². The van der Waals surface area contributed by atoms with E-state index in [1.807, 2.05) is 17.7 Å². The van der Waals surface area contributed by atoms with Gasteiger partial charge in [-0.15, -0.1) is 0 Å². The molecule has 1 aromatic carbocycles.